The fourth-order valence-corrected chi connectivity index (χ4v) is 5.31. The lowest BCUT2D eigenvalue weighted by Gasteiger charge is -2.34. The fourth-order valence-electron chi connectivity index (χ4n) is 2.28. The largest absolute Gasteiger partial charge is 0.512 e. The van der Waals surface area contributed by atoms with Gasteiger partial charge >= 0.3 is 8.80 Å². The van der Waals surface area contributed by atoms with Crippen molar-refractivity contribution in [2.45, 2.75) is 33.2 Å². The van der Waals surface area contributed by atoms with Crippen molar-refractivity contribution < 1.29 is 13.3 Å². The van der Waals surface area contributed by atoms with E-state index >= 15 is 0 Å². The maximum Gasteiger partial charge on any atom is 0.512 e. The van der Waals surface area contributed by atoms with Crippen LogP contribution in [0.1, 0.15) is 38.8 Å². The Kier molecular flexibility index (Phi) is 7.77. The Morgan fingerprint density at radius 2 is 1.45 bits per heavy atom. The third kappa shape index (κ3) is 4.28. The number of rotatable bonds is 9. The maximum absolute atomic E-state index is 6.02. The molecular formula is C16H26O3Si. The Labute approximate surface area is 123 Å². The smallest absolute Gasteiger partial charge is 0.373 e. The van der Waals surface area contributed by atoms with E-state index in [2.05, 4.69) is 18.2 Å². The van der Waals surface area contributed by atoms with Crippen LogP contribution in [-0.4, -0.2) is 28.6 Å². The molecule has 1 aromatic carbocycles. The zero-order valence-electron chi connectivity index (χ0n) is 13.0. The average molecular weight is 294 g/mol. The summed E-state index contributed by atoms with van der Waals surface area (Å²) in [5.74, 6) is 0. The van der Waals surface area contributed by atoms with E-state index in [9.17, 15) is 0 Å². The van der Waals surface area contributed by atoms with Crippen LogP contribution in [0.3, 0.4) is 0 Å². The highest BCUT2D eigenvalue weighted by atomic mass is 28.4. The molecule has 112 valence electrons. The second-order valence-corrected chi connectivity index (χ2v) is 7.01. The van der Waals surface area contributed by atoms with Gasteiger partial charge in [0.1, 0.15) is 0 Å². The van der Waals surface area contributed by atoms with Crippen molar-refractivity contribution in [2.24, 2.45) is 0 Å². The summed E-state index contributed by atoms with van der Waals surface area (Å²) in [4.78, 5) is 0. The molecule has 4 heteroatoms. The average Bonchev–Trinajstić information content (AvgIpc) is 2.46. The van der Waals surface area contributed by atoms with Crippen molar-refractivity contribution in [2.75, 3.05) is 19.8 Å². The molecule has 0 saturated heterocycles. The van der Waals surface area contributed by atoms with Gasteiger partial charge in [-0.25, -0.2) is 0 Å². The minimum absolute atomic E-state index is 0.0357. The lowest BCUT2D eigenvalue weighted by atomic mass is 10.1. The Morgan fingerprint density at radius 3 is 1.85 bits per heavy atom. The van der Waals surface area contributed by atoms with Crippen LogP contribution in [0.25, 0.3) is 0 Å². The van der Waals surface area contributed by atoms with E-state index in [4.69, 9.17) is 13.3 Å². The van der Waals surface area contributed by atoms with Crippen LogP contribution in [0.15, 0.2) is 42.5 Å². The highest BCUT2D eigenvalue weighted by Crippen LogP contribution is 2.31. The van der Waals surface area contributed by atoms with Crippen LogP contribution < -0.4 is 0 Å². The van der Waals surface area contributed by atoms with Crippen molar-refractivity contribution in [3.05, 3.63) is 48.0 Å². The van der Waals surface area contributed by atoms with Crippen molar-refractivity contribution in [1.82, 2.24) is 0 Å². The van der Waals surface area contributed by atoms with Gasteiger partial charge in [-0.2, -0.15) is 0 Å². The number of hydrogen-bond donors (Lipinski definition) is 0. The topological polar surface area (TPSA) is 27.7 Å². The summed E-state index contributed by atoms with van der Waals surface area (Å²) in [7, 11) is -2.77. The van der Waals surface area contributed by atoms with Crippen molar-refractivity contribution in [3.63, 3.8) is 0 Å². The molecular weight excluding hydrogens is 268 g/mol. The van der Waals surface area contributed by atoms with E-state index in [1.807, 2.05) is 52.0 Å². The minimum Gasteiger partial charge on any atom is -0.373 e. The standard InChI is InChI=1S/C16H26O3Si/c1-5-12-16(15-13-10-9-11-14-15)20(17-6-2,18-7-3)19-8-4/h5,9-14,16H,6-8H2,1-4H3. The van der Waals surface area contributed by atoms with Crippen LogP contribution >= 0.6 is 0 Å². The van der Waals surface area contributed by atoms with Gasteiger partial charge in [-0.05, 0) is 33.3 Å². The van der Waals surface area contributed by atoms with Gasteiger partial charge < -0.3 is 13.3 Å². The Morgan fingerprint density at radius 1 is 0.950 bits per heavy atom. The quantitative estimate of drug-likeness (QED) is 0.510. The first-order chi connectivity index (χ1) is 9.74. The second-order valence-electron chi connectivity index (χ2n) is 4.32. The summed E-state index contributed by atoms with van der Waals surface area (Å²) >= 11 is 0. The monoisotopic (exact) mass is 294 g/mol. The first-order valence-corrected chi connectivity index (χ1v) is 9.13. The van der Waals surface area contributed by atoms with Crippen LogP contribution in [-0.2, 0) is 13.3 Å². The molecule has 0 aliphatic heterocycles. The molecule has 0 N–H and O–H groups in total. The lowest BCUT2D eigenvalue weighted by molar-refractivity contribution is 0.0660. The zero-order chi connectivity index (χ0) is 14.8. The van der Waals surface area contributed by atoms with Gasteiger partial charge in [-0.1, -0.05) is 42.5 Å². The van der Waals surface area contributed by atoms with Gasteiger partial charge in [0.2, 0.25) is 0 Å². The summed E-state index contributed by atoms with van der Waals surface area (Å²) in [6, 6.07) is 10.3. The second kappa shape index (κ2) is 9.08. The molecule has 1 atom stereocenters. The number of benzene rings is 1. The van der Waals surface area contributed by atoms with Gasteiger partial charge in [0, 0.05) is 19.8 Å². The number of allylic oxidation sites excluding steroid dienone is 2. The van der Waals surface area contributed by atoms with Crippen molar-refractivity contribution >= 4 is 8.80 Å². The molecule has 1 unspecified atom stereocenters. The van der Waals surface area contributed by atoms with Crippen LogP contribution in [0, 0.1) is 0 Å². The van der Waals surface area contributed by atoms with Gasteiger partial charge in [0.15, 0.2) is 0 Å². The SMILES string of the molecule is CC=CC(c1ccccc1)[Si](OCC)(OCC)OCC. The first-order valence-electron chi connectivity index (χ1n) is 7.33. The van der Waals surface area contributed by atoms with Crippen LogP contribution in [0.4, 0.5) is 0 Å². The summed E-state index contributed by atoms with van der Waals surface area (Å²) in [5.41, 5.74) is 1.21. The summed E-state index contributed by atoms with van der Waals surface area (Å²) in [6.07, 6.45) is 4.17. The molecule has 1 rings (SSSR count). The van der Waals surface area contributed by atoms with E-state index in [0.29, 0.717) is 19.8 Å². The van der Waals surface area contributed by atoms with Gasteiger partial charge in [-0.3, -0.25) is 0 Å². The number of hydrogen-bond acceptors (Lipinski definition) is 3. The molecule has 0 amide bonds. The molecule has 0 saturated carbocycles. The first kappa shape index (κ1) is 17.1. The zero-order valence-corrected chi connectivity index (χ0v) is 14.0. The van der Waals surface area contributed by atoms with E-state index in [-0.39, 0.29) is 5.54 Å². The highest BCUT2D eigenvalue weighted by molar-refractivity contribution is 6.63. The molecule has 0 bridgehead atoms. The molecule has 20 heavy (non-hydrogen) atoms. The van der Waals surface area contributed by atoms with Gasteiger partial charge in [0.25, 0.3) is 0 Å². The molecule has 0 radical (unpaired) electrons. The predicted octanol–water partition coefficient (Wildman–Crippen LogP) is 3.93. The highest BCUT2D eigenvalue weighted by Gasteiger charge is 2.48. The van der Waals surface area contributed by atoms with Crippen molar-refractivity contribution in [3.8, 4) is 0 Å². The van der Waals surface area contributed by atoms with E-state index in [1.165, 1.54) is 5.56 Å². The van der Waals surface area contributed by atoms with Crippen LogP contribution in [0.5, 0.6) is 0 Å². The Hall–Kier alpha value is -0.943. The van der Waals surface area contributed by atoms with Crippen molar-refractivity contribution in [1.29, 1.82) is 0 Å². The summed E-state index contributed by atoms with van der Waals surface area (Å²) in [6.45, 7) is 9.73. The van der Waals surface area contributed by atoms with Crippen LogP contribution in [0.2, 0.25) is 0 Å². The maximum atomic E-state index is 6.02. The van der Waals surface area contributed by atoms with E-state index < -0.39 is 8.80 Å². The molecule has 0 aliphatic rings. The molecule has 0 aromatic heterocycles. The molecule has 1 aromatic rings. The summed E-state index contributed by atoms with van der Waals surface area (Å²) < 4.78 is 18.1. The fraction of sp³-hybridized carbons (Fsp3) is 0.500. The van der Waals surface area contributed by atoms with E-state index in [0.717, 1.165) is 0 Å². The third-order valence-corrected chi connectivity index (χ3v) is 6.32. The summed E-state index contributed by atoms with van der Waals surface area (Å²) in [5, 5.41) is 0. The lowest BCUT2D eigenvalue weighted by Crippen LogP contribution is -2.51. The Bertz CT molecular complexity index is 375. The molecule has 3 nitrogen and oxygen atoms in total. The molecule has 0 heterocycles. The normalized spacial score (nSPS) is 13.8. The predicted molar refractivity (Wildman–Crippen MR) is 84.6 cm³/mol. The Balaban J connectivity index is 3.21. The molecule has 0 spiro atoms. The molecule has 0 fully saturated rings. The van der Waals surface area contributed by atoms with E-state index in [1.54, 1.807) is 0 Å². The minimum atomic E-state index is -2.77. The van der Waals surface area contributed by atoms with Gasteiger partial charge in [0.05, 0.1) is 5.54 Å². The van der Waals surface area contributed by atoms with Gasteiger partial charge in [-0.15, -0.1) is 0 Å². The third-order valence-electron chi connectivity index (χ3n) is 2.96. The molecule has 0 aliphatic carbocycles.